The van der Waals surface area contributed by atoms with Crippen LogP contribution in [0.3, 0.4) is 0 Å². The van der Waals surface area contributed by atoms with E-state index in [9.17, 15) is 18.4 Å². The number of aliphatic imine (C=N–C) groups is 1. The second kappa shape index (κ2) is 10.0. The number of hydrogen-bond donors (Lipinski definition) is 0. The van der Waals surface area contributed by atoms with Crippen LogP contribution in [0.25, 0.3) is 0 Å². The number of halogens is 5. The molecule has 0 spiro atoms. The van der Waals surface area contributed by atoms with Crippen molar-refractivity contribution >= 4 is 45.0 Å². The summed E-state index contributed by atoms with van der Waals surface area (Å²) >= 11 is 12.8. The smallest absolute Gasteiger partial charge is 0.378 e. The van der Waals surface area contributed by atoms with E-state index in [1.54, 1.807) is 19.1 Å². The van der Waals surface area contributed by atoms with E-state index >= 15 is 0 Å². The predicted molar refractivity (Wildman–Crippen MR) is 126 cm³/mol. The summed E-state index contributed by atoms with van der Waals surface area (Å²) in [6, 6.07) is 12.7. The van der Waals surface area contributed by atoms with E-state index in [-0.39, 0.29) is 44.5 Å². The number of hydrogen-bond acceptors (Lipinski definition) is 7. The van der Waals surface area contributed by atoms with Gasteiger partial charge in [0.15, 0.2) is 17.1 Å². The van der Waals surface area contributed by atoms with E-state index in [0.717, 1.165) is 5.55 Å². The quantitative estimate of drug-likeness (QED) is 0.312. The molecule has 4 rings (SSSR count). The fourth-order valence-corrected chi connectivity index (χ4v) is 5.99. The van der Waals surface area contributed by atoms with Gasteiger partial charge in [-0.2, -0.15) is 14.7 Å². The molecule has 0 aliphatic carbocycles. The molecule has 2 unspecified atom stereocenters. The van der Waals surface area contributed by atoms with Crippen LogP contribution in [0.2, 0.25) is 10.0 Å². The Balaban J connectivity index is 1.59. The molecule has 2 heterocycles. The van der Waals surface area contributed by atoms with Crippen LogP contribution in [-0.4, -0.2) is 21.5 Å². The Morgan fingerprint density at radius 3 is 2.47 bits per heavy atom. The topological polar surface area (TPSA) is 105 Å². The zero-order valence-corrected chi connectivity index (χ0v) is 20.5. The first-order valence-corrected chi connectivity index (χ1v) is 12.3. The molecule has 186 valence electrons. The molecule has 2 atom stereocenters. The fraction of sp³-hybridized carbons (Fsp3) is 0.182. The van der Waals surface area contributed by atoms with Gasteiger partial charge < -0.3 is 8.92 Å². The molecule has 0 N–H and O–H groups in total. The number of fused-ring (bicyclic) bond motifs is 1. The lowest BCUT2D eigenvalue weighted by atomic mass is 10.1. The van der Waals surface area contributed by atoms with E-state index in [1.165, 1.54) is 35.2 Å². The van der Waals surface area contributed by atoms with Gasteiger partial charge in [-0.3, -0.25) is 4.57 Å². The van der Waals surface area contributed by atoms with Gasteiger partial charge in [-0.25, -0.2) is 9.98 Å². The van der Waals surface area contributed by atoms with Crippen molar-refractivity contribution in [3.63, 3.8) is 0 Å². The van der Waals surface area contributed by atoms with Gasteiger partial charge in [0.25, 0.3) is 0 Å². The van der Waals surface area contributed by atoms with Crippen LogP contribution in [0.4, 0.5) is 18.9 Å². The Labute approximate surface area is 214 Å². The largest absolute Gasteiger partial charge is 0.542 e. The lowest BCUT2D eigenvalue weighted by molar-refractivity contribution is -0.271. The van der Waals surface area contributed by atoms with Crippen LogP contribution in [0.5, 0.6) is 5.75 Å². The number of para-hydroxylation sites is 1. The number of rotatable bonds is 7. The van der Waals surface area contributed by atoms with Gasteiger partial charge in [0.05, 0.1) is 28.2 Å². The number of nitriles is 2. The number of imidazole rings is 1. The Bertz CT molecular complexity index is 1410. The summed E-state index contributed by atoms with van der Waals surface area (Å²) in [5, 5.41) is 18.1. The van der Waals surface area contributed by atoms with Crippen LogP contribution < -0.4 is 4.18 Å². The molecule has 3 aromatic rings. The highest BCUT2D eigenvalue weighted by Gasteiger charge is 2.44. The van der Waals surface area contributed by atoms with E-state index in [4.69, 9.17) is 37.4 Å². The van der Waals surface area contributed by atoms with E-state index in [1.807, 2.05) is 12.1 Å². The Hall–Kier alpha value is -3.26. The van der Waals surface area contributed by atoms with Crippen molar-refractivity contribution in [1.29, 1.82) is 10.5 Å². The first-order valence-electron chi connectivity index (χ1n) is 9.96. The summed E-state index contributed by atoms with van der Waals surface area (Å²) in [6.45, 7) is 1.57. The van der Waals surface area contributed by atoms with Crippen LogP contribution in [0.15, 0.2) is 52.6 Å². The molecule has 36 heavy (non-hydrogen) atoms. The molecule has 2 aromatic carbocycles. The minimum Gasteiger partial charge on any atom is -0.378 e. The molecule has 0 radical (unpaired) electrons. The molecule has 0 saturated carbocycles. The van der Waals surface area contributed by atoms with Gasteiger partial charge in [0.2, 0.25) is 0 Å². The average Bonchev–Trinajstić information content (AvgIpc) is 3.39. The predicted octanol–water partition coefficient (Wildman–Crippen LogP) is 6.95. The second-order valence-electron chi connectivity index (χ2n) is 7.25. The van der Waals surface area contributed by atoms with Crippen LogP contribution in [-0.2, 0) is 15.7 Å². The number of alkyl halides is 3. The third-order valence-electron chi connectivity index (χ3n) is 4.93. The molecule has 8 nitrogen and oxygen atoms in total. The number of nitrogens with zero attached hydrogens (tertiary/aromatic N) is 5. The molecule has 0 bridgehead atoms. The average molecular weight is 556 g/mol. The first-order chi connectivity index (χ1) is 17.1. The van der Waals surface area contributed by atoms with Crippen molar-refractivity contribution in [3.8, 4) is 17.9 Å². The third-order valence-corrected chi connectivity index (χ3v) is 7.68. The van der Waals surface area contributed by atoms with Crippen molar-refractivity contribution in [1.82, 2.24) is 9.55 Å². The van der Waals surface area contributed by atoms with Crippen LogP contribution >= 0.6 is 33.8 Å². The summed E-state index contributed by atoms with van der Waals surface area (Å²) in [5.74, 6) is -0.211. The molecule has 1 aromatic heterocycles. The maximum Gasteiger partial charge on any atom is 0.542 e. The first kappa shape index (κ1) is 25.8. The third kappa shape index (κ3) is 5.14. The summed E-state index contributed by atoms with van der Waals surface area (Å²) in [7, 11) is -3.55. The lowest BCUT2D eigenvalue weighted by Gasteiger charge is -2.37. The lowest BCUT2D eigenvalue weighted by Crippen LogP contribution is -2.22. The molecular formula is C22H14Cl2F3N5O3S. The summed E-state index contributed by atoms with van der Waals surface area (Å²) in [5.41, 5.74) is 1.75. The second-order valence-corrected chi connectivity index (χ2v) is 10.1. The molecule has 1 aliphatic rings. The van der Waals surface area contributed by atoms with E-state index < -0.39 is 23.1 Å². The summed E-state index contributed by atoms with van der Waals surface area (Å²) in [6.07, 6.45) is -4.35. The Morgan fingerprint density at radius 2 is 1.83 bits per heavy atom. The van der Waals surface area contributed by atoms with Crippen molar-refractivity contribution in [2.45, 2.75) is 31.0 Å². The summed E-state index contributed by atoms with van der Waals surface area (Å²) < 4.78 is 57.3. The molecule has 14 heteroatoms. The Kier molecular flexibility index (Phi) is 7.18. The Morgan fingerprint density at radius 1 is 1.14 bits per heavy atom. The number of ether oxygens (including phenoxy) is 1. The monoisotopic (exact) mass is 555 g/mol. The van der Waals surface area contributed by atoms with Crippen LogP contribution in [0, 0.1) is 22.7 Å². The van der Waals surface area contributed by atoms with Gasteiger partial charge in [-0.15, -0.1) is 13.2 Å². The number of aromatic nitrogens is 2. The van der Waals surface area contributed by atoms with Gasteiger partial charge in [-0.05, 0) is 36.8 Å². The molecule has 1 aliphatic heterocycles. The minimum atomic E-state index is -5.03. The van der Waals surface area contributed by atoms with Gasteiger partial charge in [0, 0.05) is 0 Å². The maximum absolute atomic E-state index is 13.4. The van der Waals surface area contributed by atoms with Gasteiger partial charge in [-0.1, -0.05) is 45.9 Å². The van der Waals surface area contributed by atoms with Crippen molar-refractivity contribution in [2.24, 2.45) is 4.99 Å². The zero-order chi connectivity index (χ0) is 26.1. The number of benzene rings is 2. The van der Waals surface area contributed by atoms with E-state index in [0.29, 0.717) is 5.56 Å². The van der Waals surface area contributed by atoms with Crippen molar-refractivity contribution < 1.29 is 26.3 Å². The highest BCUT2D eigenvalue weighted by Crippen LogP contribution is 2.65. The molecule has 0 saturated heterocycles. The van der Waals surface area contributed by atoms with Gasteiger partial charge >= 0.3 is 6.36 Å². The van der Waals surface area contributed by atoms with Crippen molar-refractivity contribution in [2.75, 3.05) is 0 Å². The molecular weight excluding hydrogens is 542 g/mol. The molecule has 0 amide bonds. The molecule has 0 fully saturated rings. The minimum absolute atomic E-state index is 0.0316. The SMILES string of the molecule is CC(OCn1cnc(C#N)c1C#N)c1cc(Cl)c(OS2(OC(F)(F)F)C=Nc3ccccc32)c(Cl)c1. The fourth-order valence-electron chi connectivity index (χ4n) is 3.26. The van der Waals surface area contributed by atoms with E-state index in [2.05, 4.69) is 14.2 Å². The summed E-state index contributed by atoms with van der Waals surface area (Å²) in [4.78, 5) is 7.96. The van der Waals surface area contributed by atoms with Crippen molar-refractivity contribution in [3.05, 3.63) is 69.7 Å². The maximum atomic E-state index is 13.4. The highest BCUT2D eigenvalue weighted by atomic mass is 35.5. The zero-order valence-electron chi connectivity index (χ0n) is 18.2. The normalized spacial score (nSPS) is 19.1. The van der Waals surface area contributed by atoms with Crippen LogP contribution in [0.1, 0.15) is 30.0 Å². The van der Waals surface area contributed by atoms with Gasteiger partial charge in [0.1, 0.15) is 29.3 Å². The standard InChI is InChI=1S/C22H14Cl2F3N5O3S/c1-13(33-12-32-10-30-18(8-28)19(32)9-29)14-6-15(23)21(16(24)7-14)34-36(35-22(25,26)27)11-31-17-4-2-3-5-20(17)36/h2-7,10-11,13H,12H2,1H3. The highest BCUT2D eigenvalue weighted by molar-refractivity contribution is 8.37.